The van der Waals surface area contributed by atoms with Crippen molar-refractivity contribution < 1.29 is 4.79 Å². The van der Waals surface area contributed by atoms with Gasteiger partial charge in [-0.05, 0) is 55.9 Å². The van der Waals surface area contributed by atoms with Gasteiger partial charge in [-0.3, -0.25) is 4.79 Å². The zero-order valence-corrected chi connectivity index (χ0v) is 12.9. The minimum atomic E-state index is -0.375. The van der Waals surface area contributed by atoms with E-state index in [2.05, 4.69) is 28.2 Å². The molecular formula is C15H21BrN2O. The summed E-state index contributed by atoms with van der Waals surface area (Å²) in [6, 6.07) is 7.65. The molecule has 0 aromatic heterocycles. The first-order chi connectivity index (χ1) is 9.05. The molecule has 1 aliphatic rings. The van der Waals surface area contributed by atoms with E-state index in [0.717, 1.165) is 35.8 Å². The number of benzene rings is 1. The van der Waals surface area contributed by atoms with Crippen molar-refractivity contribution in [2.24, 2.45) is 17.1 Å². The van der Waals surface area contributed by atoms with Crippen molar-refractivity contribution in [3.63, 3.8) is 0 Å². The van der Waals surface area contributed by atoms with Gasteiger partial charge in [0.1, 0.15) is 0 Å². The lowest BCUT2D eigenvalue weighted by molar-refractivity contribution is -0.127. The number of anilines is 1. The molecule has 0 bridgehead atoms. The van der Waals surface area contributed by atoms with E-state index in [1.54, 1.807) is 0 Å². The average Bonchev–Trinajstić information content (AvgIpc) is 2.42. The van der Waals surface area contributed by atoms with Gasteiger partial charge in [0.05, 0.1) is 5.41 Å². The molecule has 0 atom stereocenters. The highest BCUT2D eigenvalue weighted by molar-refractivity contribution is 9.10. The standard InChI is InChI=1S/C15H21BrN2O/c1-11-6-8-15(10-17,9-7-11)14(19)18-13-4-2-12(16)3-5-13/h2-5,11H,6-10,17H2,1H3,(H,18,19). The Hall–Kier alpha value is -0.870. The first-order valence-corrected chi connectivity index (χ1v) is 7.62. The monoisotopic (exact) mass is 324 g/mol. The number of hydrogen-bond acceptors (Lipinski definition) is 2. The van der Waals surface area contributed by atoms with Crippen molar-refractivity contribution in [1.29, 1.82) is 0 Å². The molecule has 104 valence electrons. The Kier molecular flexibility index (Phi) is 4.63. The van der Waals surface area contributed by atoms with Crippen LogP contribution in [0.5, 0.6) is 0 Å². The molecule has 1 amide bonds. The summed E-state index contributed by atoms with van der Waals surface area (Å²) in [4.78, 5) is 12.5. The van der Waals surface area contributed by atoms with Crippen LogP contribution in [0.1, 0.15) is 32.6 Å². The molecule has 3 N–H and O–H groups in total. The third-order valence-corrected chi connectivity index (χ3v) is 4.73. The van der Waals surface area contributed by atoms with E-state index >= 15 is 0 Å². The number of amides is 1. The zero-order valence-electron chi connectivity index (χ0n) is 11.3. The summed E-state index contributed by atoms with van der Waals surface area (Å²) in [5, 5.41) is 3.01. The molecular weight excluding hydrogens is 304 g/mol. The quantitative estimate of drug-likeness (QED) is 0.893. The van der Waals surface area contributed by atoms with E-state index in [1.807, 2.05) is 24.3 Å². The maximum Gasteiger partial charge on any atom is 0.231 e. The second-order valence-electron chi connectivity index (χ2n) is 5.63. The molecule has 0 radical (unpaired) electrons. The van der Waals surface area contributed by atoms with Crippen molar-refractivity contribution in [1.82, 2.24) is 0 Å². The summed E-state index contributed by atoms with van der Waals surface area (Å²) < 4.78 is 1.01. The minimum absolute atomic E-state index is 0.0734. The molecule has 1 fully saturated rings. The van der Waals surface area contributed by atoms with E-state index in [1.165, 1.54) is 0 Å². The predicted molar refractivity (Wildman–Crippen MR) is 81.9 cm³/mol. The van der Waals surface area contributed by atoms with Crippen molar-refractivity contribution >= 4 is 27.5 Å². The first-order valence-electron chi connectivity index (χ1n) is 6.83. The Morgan fingerprint density at radius 1 is 1.37 bits per heavy atom. The van der Waals surface area contributed by atoms with E-state index < -0.39 is 0 Å². The number of carbonyl (C=O) groups excluding carboxylic acids is 1. The van der Waals surface area contributed by atoms with Crippen LogP contribution in [0.3, 0.4) is 0 Å². The Morgan fingerprint density at radius 3 is 2.47 bits per heavy atom. The summed E-state index contributed by atoms with van der Waals surface area (Å²) in [5.41, 5.74) is 6.35. The molecule has 4 heteroatoms. The van der Waals surface area contributed by atoms with Gasteiger partial charge in [-0.25, -0.2) is 0 Å². The van der Waals surface area contributed by atoms with Crippen LogP contribution in [-0.2, 0) is 4.79 Å². The van der Waals surface area contributed by atoms with Crippen LogP contribution >= 0.6 is 15.9 Å². The maximum atomic E-state index is 12.5. The van der Waals surface area contributed by atoms with Gasteiger partial charge >= 0.3 is 0 Å². The summed E-state index contributed by atoms with van der Waals surface area (Å²) in [5.74, 6) is 0.782. The predicted octanol–water partition coefficient (Wildman–Crippen LogP) is 3.54. The van der Waals surface area contributed by atoms with Crippen molar-refractivity contribution in [2.75, 3.05) is 11.9 Å². The fraction of sp³-hybridized carbons (Fsp3) is 0.533. The summed E-state index contributed by atoms with van der Waals surface area (Å²) >= 11 is 3.39. The summed E-state index contributed by atoms with van der Waals surface area (Å²) in [6.45, 7) is 2.68. The van der Waals surface area contributed by atoms with Crippen LogP contribution in [0, 0.1) is 11.3 Å². The number of halogens is 1. The van der Waals surface area contributed by atoms with Crippen LogP contribution in [-0.4, -0.2) is 12.5 Å². The second-order valence-corrected chi connectivity index (χ2v) is 6.54. The van der Waals surface area contributed by atoms with Crippen LogP contribution in [0.25, 0.3) is 0 Å². The van der Waals surface area contributed by atoms with E-state index in [0.29, 0.717) is 12.5 Å². The second kappa shape index (κ2) is 6.06. The van der Waals surface area contributed by atoms with Gasteiger partial charge in [0.2, 0.25) is 5.91 Å². The fourth-order valence-corrected chi connectivity index (χ4v) is 2.90. The minimum Gasteiger partial charge on any atom is -0.329 e. The molecule has 19 heavy (non-hydrogen) atoms. The highest BCUT2D eigenvalue weighted by Crippen LogP contribution is 2.39. The number of carbonyl (C=O) groups is 1. The van der Waals surface area contributed by atoms with Crippen molar-refractivity contribution in [2.45, 2.75) is 32.6 Å². The van der Waals surface area contributed by atoms with E-state index in [4.69, 9.17) is 5.73 Å². The van der Waals surface area contributed by atoms with Gasteiger partial charge in [0.25, 0.3) is 0 Å². The Balaban J connectivity index is 2.06. The number of nitrogens with two attached hydrogens (primary N) is 1. The largest absolute Gasteiger partial charge is 0.329 e. The van der Waals surface area contributed by atoms with Crippen LogP contribution in [0.2, 0.25) is 0 Å². The molecule has 0 unspecified atom stereocenters. The highest BCUT2D eigenvalue weighted by Gasteiger charge is 2.39. The van der Waals surface area contributed by atoms with Gasteiger partial charge < -0.3 is 11.1 Å². The van der Waals surface area contributed by atoms with Crippen molar-refractivity contribution in [3.05, 3.63) is 28.7 Å². The van der Waals surface area contributed by atoms with E-state index in [9.17, 15) is 4.79 Å². The lowest BCUT2D eigenvalue weighted by atomic mass is 9.70. The van der Waals surface area contributed by atoms with Gasteiger partial charge in [0, 0.05) is 16.7 Å². The molecule has 1 aromatic rings. The lowest BCUT2D eigenvalue weighted by Gasteiger charge is -2.37. The van der Waals surface area contributed by atoms with Crippen LogP contribution in [0.4, 0.5) is 5.69 Å². The molecule has 1 saturated carbocycles. The number of hydrogen-bond donors (Lipinski definition) is 2. The third kappa shape index (κ3) is 3.37. The zero-order chi connectivity index (χ0) is 13.9. The SMILES string of the molecule is CC1CCC(CN)(C(=O)Nc2ccc(Br)cc2)CC1. The normalized spacial score (nSPS) is 27.0. The van der Waals surface area contributed by atoms with Gasteiger partial charge in [-0.15, -0.1) is 0 Å². The van der Waals surface area contributed by atoms with Crippen molar-refractivity contribution in [3.8, 4) is 0 Å². The molecule has 0 spiro atoms. The summed E-state index contributed by atoms with van der Waals surface area (Å²) in [7, 11) is 0. The number of rotatable bonds is 3. The molecule has 3 nitrogen and oxygen atoms in total. The topological polar surface area (TPSA) is 55.1 Å². The molecule has 0 saturated heterocycles. The molecule has 1 aliphatic carbocycles. The number of nitrogens with one attached hydrogen (secondary N) is 1. The highest BCUT2D eigenvalue weighted by atomic mass is 79.9. The third-order valence-electron chi connectivity index (χ3n) is 4.21. The smallest absolute Gasteiger partial charge is 0.231 e. The first kappa shape index (κ1) is 14.5. The molecule has 1 aromatic carbocycles. The molecule has 0 heterocycles. The van der Waals surface area contributed by atoms with Crippen LogP contribution in [0.15, 0.2) is 28.7 Å². The summed E-state index contributed by atoms with van der Waals surface area (Å²) in [6.07, 6.45) is 3.97. The van der Waals surface area contributed by atoms with Gasteiger partial charge in [0.15, 0.2) is 0 Å². The Morgan fingerprint density at radius 2 is 1.95 bits per heavy atom. The lowest BCUT2D eigenvalue weighted by Crippen LogP contribution is -2.44. The average molecular weight is 325 g/mol. The van der Waals surface area contributed by atoms with E-state index in [-0.39, 0.29) is 11.3 Å². The van der Waals surface area contributed by atoms with Crippen LogP contribution < -0.4 is 11.1 Å². The van der Waals surface area contributed by atoms with Gasteiger partial charge in [-0.2, -0.15) is 0 Å². The maximum absolute atomic E-state index is 12.5. The Labute approximate surface area is 123 Å². The molecule has 2 rings (SSSR count). The molecule has 0 aliphatic heterocycles. The van der Waals surface area contributed by atoms with Gasteiger partial charge in [-0.1, -0.05) is 22.9 Å². The Bertz CT molecular complexity index is 436. The fourth-order valence-electron chi connectivity index (χ4n) is 2.64.